The summed E-state index contributed by atoms with van der Waals surface area (Å²) in [5, 5.41) is 3.20. The van der Waals surface area contributed by atoms with Crippen molar-refractivity contribution >= 4 is 11.6 Å². The molecule has 0 aliphatic heterocycles. The van der Waals surface area contributed by atoms with Crippen LogP contribution >= 0.6 is 11.6 Å². The van der Waals surface area contributed by atoms with Crippen LogP contribution in [-0.2, 0) is 0 Å². The first-order valence-corrected chi connectivity index (χ1v) is 4.93. The summed E-state index contributed by atoms with van der Waals surface area (Å²) < 4.78 is 28.7. The van der Waals surface area contributed by atoms with Crippen molar-refractivity contribution in [3.63, 3.8) is 0 Å². The molecule has 0 amide bonds. The van der Waals surface area contributed by atoms with E-state index in [0.29, 0.717) is 23.9 Å². The van der Waals surface area contributed by atoms with Gasteiger partial charge >= 0.3 is 0 Å². The van der Waals surface area contributed by atoms with Gasteiger partial charge in [0.1, 0.15) is 12.4 Å². The molecule has 0 saturated heterocycles. The summed E-state index contributed by atoms with van der Waals surface area (Å²) in [6.45, 7) is 0.450. The van der Waals surface area contributed by atoms with Gasteiger partial charge in [0.05, 0.1) is 6.54 Å². The van der Waals surface area contributed by atoms with Crippen molar-refractivity contribution in [3.8, 4) is 5.75 Å². The fourth-order valence-electron chi connectivity index (χ4n) is 0.983. The molecule has 0 fully saturated rings. The molecule has 0 spiro atoms. The molecule has 1 aromatic carbocycles. The smallest absolute Gasteiger partial charge is 0.250 e. The summed E-state index contributed by atoms with van der Waals surface area (Å²) >= 11 is 5.68. The van der Waals surface area contributed by atoms with Crippen LogP contribution in [0.4, 0.5) is 8.78 Å². The Kier molecular flexibility index (Phi) is 5.36. The summed E-state index contributed by atoms with van der Waals surface area (Å²) in [5.41, 5.74) is 0. The molecule has 0 aromatic heterocycles. The molecular formula is C10H12ClF2NO. The van der Waals surface area contributed by atoms with E-state index in [1.54, 1.807) is 24.3 Å². The Balaban J connectivity index is 2.12. The largest absolute Gasteiger partial charge is 0.492 e. The number of hydrogen-bond acceptors (Lipinski definition) is 2. The predicted molar refractivity (Wildman–Crippen MR) is 55.8 cm³/mol. The quantitative estimate of drug-likeness (QED) is 0.766. The fourth-order valence-corrected chi connectivity index (χ4v) is 1.11. The number of nitrogens with one attached hydrogen (secondary N) is 1. The van der Waals surface area contributed by atoms with E-state index in [9.17, 15) is 8.78 Å². The van der Waals surface area contributed by atoms with E-state index < -0.39 is 6.43 Å². The standard InChI is InChI=1S/C10H12ClF2NO/c11-8-1-3-9(4-2-8)15-6-5-14-7-10(12)13/h1-4,10,14H,5-7H2. The molecule has 0 heterocycles. The average molecular weight is 236 g/mol. The number of halogens is 3. The Bertz CT molecular complexity index is 279. The Labute approximate surface area is 92.2 Å². The molecule has 0 bridgehead atoms. The highest BCUT2D eigenvalue weighted by molar-refractivity contribution is 6.30. The van der Waals surface area contributed by atoms with Crippen LogP contribution in [0, 0.1) is 0 Å². The molecule has 0 aliphatic rings. The lowest BCUT2D eigenvalue weighted by Gasteiger charge is -2.06. The molecule has 0 atom stereocenters. The summed E-state index contributed by atoms with van der Waals surface area (Å²) in [5.74, 6) is 0.679. The molecule has 1 aromatic rings. The van der Waals surface area contributed by atoms with E-state index in [0.717, 1.165) is 0 Å². The summed E-state index contributed by atoms with van der Waals surface area (Å²) in [7, 11) is 0. The van der Waals surface area contributed by atoms with Gasteiger partial charge in [0.2, 0.25) is 0 Å². The van der Waals surface area contributed by atoms with Crippen LogP contribution in [0.1, 0.15) is 0 Å². The van der Waals surface area contributed by atoms with Crippen LogP contribution in [0.2, 0.25) is 5.02 Å². The lowest BCUT2D eigenvalue weighted by molar-refractivity contribution is 0.144. The highest BCUT2D eigenvalue weighted by Gasteiger charge is 2.00. The predicted octanol–water partition coefficient (Wildman–Crippen LogP) is 2.57. The molecule has 0 radical (unpaired) electrons. The SMILES string of the molecule is FC(F)CNCCOc1ccc(Cl)cc1. The van der Waals surface area contributed by atoms with E-state index in [4.69, 9.17) is 16.3 Å². The molecule has 15 heavy (non-hydrogen) atoms. The molecule has 84 valence electrons. The van der Waals surface area contributed by atoms with Crippen molar-refractivity contribution in [2.24, 2.45) is 0 Å². The van der Waals surface area contributed by atoms with Crippen molar-refractivity contribution in [3.05, 3.63) is 29.3 Å². The lowest BCUT2D eigenvalue weighted by Crippen LogP contribution is -2.26. The molecule has 0 unspecified atom stereocenters. The molecule has 1 N–H and O–H groups in total. The van der Waals surface area contributed by atoms with Crippen molar-refractivity contribution < 1.29 is 13.5 Å². The van der Waals surface area contributed by atoms with Gasteiger partial charge in [-0.3, -0.25) is 0 Å². The highest BCUT2D eigenvalue weighted by Crippen LogP contribution is 2.14. The number of rotatable bonds is 6. The van der Waals surface area contributed by atoms with Gasteiger partial charge in [-0.15, -0.1) is 0 Å². The minimum atomic E-state index is -2.32. The molecule has 5 heteroatoms. The maximum atomic E-state index is 11.7. The summed E-state index contributed by atoms with van der Waals surface area (Å²) in [6.07, 6.45) is -2.32. The average Bonchev–Trinajstić information content (AvgIpc) is 2.20. The zero-order valence-electron chi connectivity index (χ0n) is 8.05. The second kappa shape index (κ2) is 6.58. The first-order chi connectivity index (χ1) is 7.18. The fraction of sp³-hybridized carbons (Fsp3) is 0.400. The van der Waals surface area contributed by atoms with Gasteiger partial charge in [-0.05, 0) is 24.3 Å². The van der Waals surface area contributed by atoms with Gasteiger partial charge in [0.15, 0.2) is 0 Å². The number of benzene rings is 1. The second-order valence-electron chi connectivity index (χ2n) is 2.90. The van der Waals surface area contributed by atoms with E-state index in [2.05, 4.69) is 5.32 Å². The Morgan fingerprint density at radius 1 is 1.27 bits per heavy atom. The Hall–Kier alpha value is -0.870. The minimum absolute atomic E-state index is 0.302. The monoisotopic (exact) mass is 235 g/mol. The molecule has 0 saturated carbocycles. The third kappa shape index (κ3) is 5.54. The summed E-state index contributed by atoms with van der Waals surface area (Å²) in [4.78, 5) is 0. The molecule has 0 aliphatic carbocycles. The van der Waals surface area contributed by atoms with Crippen molar-refractivity contribution in [2.45, 2.75) is 6.43 Å². The second-order valence-corrected chi connectivity index (χ2v) is 3.33. The number of ether oxygens (including phenoxy) is 1. The van der Waals surface area contributed by atoms with Gasteiger partial charge in [0.25, 0.3) is 6.43 Å². The Morgan fingerprint density at radius 3 is 2.53 bits per heavy atom. The minimum Gasteiger partial charge on any atom is -0.492 e. The first kappa shape index (κ1) is 12.2. The zero-order valence-corrected chi connectivity index (χ0v) is 8.81. The number of alkyl halides is 2. The van der Waals surface area contributed by atoms with Crippen LogP contribution < -0.4 is 10.1 Å². The van der Waals surface area contributed by atoms with Gasteiger partial charge < -0.3 is 10.1 Å². The third-order valence-electron chi connectivity index (χ3n) is 1.66. The normalized spacial score (nSPS) is 10.7. The van der Waals surface area contributed by atoms with Crippen molar-refractivity contribution in [1.82, 2.24) is 5.32 Å². The zero-order chi connectivity index (χ0) is 11.1. The molecular weight excluding hydrogens is 224 g/mol. The highest BCUT2D eigenvalue weighted by atomic mass is 35.5. The van der Waals surface area contributed by atoms with Gasteiger partial charge in [-0.25, -0.2) is 8.78 Å². The van der Waals surface area contributed by atoms with E-state index in [1.807, 2.05) is 0 Å². The van der Waals surface area contributed by atoms with Gasteiger partial charge in [-0.2, -0.15) is 0 Å². The first-order valence-electron chi connectivity index (χ1n) is 4.55. The van der Waals surface area contributed by atoms with Crippen molar-refractivity contribution in [2.75, 3.05) is 19.7 Å². The maximum absolute atomic E-state index is 11.7. The van der Waals surface area contributed by atoms with Crippen LogP contribution in [0.25, 0.3) is 0 Å². The van der Waals surface area contributed by atoms with Crippen LogP contribution in [0.15, 0.2) is 24.3 Å². The summed E-state index contributed by atoms with van der Waals surface area (Å²) in [6, 6.07) is 6.89. The number of hydrogen-bond donors (Lipinski definition) is 1. The van der Waals surface area contributed by atoms with Gasteiger partial charge in [-0.1, -0.05) is 11.6 Å². The van der Waals surface area contributed by atoms with E-state index >= 15 is 0 Å². The maximum Gasteiger partial charge on any atom is 0.250 e. The molecule has 2 nitrogen and oxygen atoms in total. The van der Waals surface area contributed by atoms with Crippen LogP contribution in [0.3, 0.4) is 0 Å². The van der Waals surface area contributed by atoms with Crippen molar-refractivity contribution in [1.29, 1.82) is 0 Å². The lowest BCUT2D eigenvalue weighted by atomic mass is 10.3. The molecule has 1 rings (SSSR count). The van der Waals surface area contributed by atoms with Crippen LogP contribution in [-0.4, -0.2) is 26.1 Å². The van der Waals surface area contributed by atoms with E-state index in [1.165, 1.54) is 0 Å². The Morgan fingerprint density at radius 2 is 1.93 bits per heavy atom. The van der Waals surface area contributed by atoms with E-state index in [-0.39, 0.29) is 6.54 Å². The topological polar surface area (TPSA) is 21.3 Å². The van der Waals surface area contributed by atoms with Crippen LogP contribution in [0.5, 0.6) is 5.75 Å². The third-order valence-corrected chi connectivity index (χ3v) is 1.91. The van der Waals surface area contributed by atoms with Gasteiger partial charge in [0, 0.05) is 11.6 Å².